The van der Waals surface area contributed by atoms with E-state index in [-0.39, 0.29) is 30.4 Å². The van der Waals surface area contributed by atoms with Gasteiger partial charge >= 0.3 is 17.9 Å². The fourth-order valence-corrected chi connectivity index (χ4v) is 8.72. The number of benzene rings is 1. The third kappa shape index (κ3) is 5.40. The Balaban J connectivity index is 1.64. The van der Waals surface area contributed by atoms with Gasteiger partial charge in [-0.2, -0.15) is 0 Å². The number of Topliss-reactive ketones (excluding diaryl/α,β-unsaturated/α-hetero) is 1. The minimum absolute atomic E-state index is 0.0176. The van der Waals surface area contributed by atoms with Crippen molar-refractivity contribution in [3.63, 3.8) is 0 Å². The summed E-state index contributed by atoms with van der Waals surface area (Å²) in [5.74, 6) is -5.55. The maximum absolute atomic E-state index is 15.1. The van der Waals surface area contributed by atoms with Crippen LogP contribution in [0.5, 0.6) is 0 Å². The van der Waals surface area contributed by atoms with Gasteiger partial charge in [-0.05, 0) is 54.4 Å². The smallest absolute Gasteiger partial charge is 0.338 e. The first-order valence-corrected chi connectivity index (χ1v) is 17.5. The number of hydrogen-bond donors (Lipinski definition) is 3. The van der Waals surface area contributed by atoms with E-state index in [2.05, 4.69) is 0 Å². The Morgan fingerprint density at radius 1 is 0.918 bits per heavy atom. The highest BCUT2D eigenvalue weighted by atomic mass is 16.6. The molecule has 10 heteroatoms. The van der Waals surface area contributed by atoms with E-state index in [4.69, 9.17) is 14.2 Å². The minimum atomic E-state index is -2.40. The van der Waals surface area contributed by atoms with Crippen LogP contribution in [0, 0.1) is 52.3 Å². The van der Waals surface area contributed by atoms with Crippen molar-refractivity contribution in [2.24, 2.45) is 52.3 Å². The summed E-state index contributed by atoms with van der Waals surface area (Å²) in [6.45, 7) is 15.7. The van der Waals surface area contributed by atoms with Crippen molar-refractivity contribution in [2.75, 3.05) is 13.2 Å². The van der Waals surface area contributed by atoms with Crippen molar-refractivity contribution in [3.05, 3.63) is 59.2 Å². The highest BCUT2D eigenvalue weighted by Crippen LogP contribution is 2.75. The van der Waals surface area contributed by atoms with Gasteiger partial charge < -0.3 is 29.5 Å². The zero-order valence-corrected chi connectivity index (χ0v) is 30.1. The predicted octanol–water partition coefficient (Wildman–Crippen LogP) is 4.45. The van der Waals surface area contributed by atoms with Gasteiger partial charge in [0.25, 0.3) is 0 Å². The quantitative estimate of drug-likeness (QED) is 0.183. The fourth-order valence-electron chi connectivity index (χ4n) is 8.72. The van der Waals surface area contributed by atoms with Crippen LogP contribution in [0.15, 0.2) is 53.6 Å². The summed E-state index contributed by atoms with van der Waals surface area (Å²) in [5.41, 5.74) is -5.79. The molecule has 10 nitrogen and oxygen atoms in total. The molecule has 2 bridgehead atoms. The van der Waals surface area contributed by atoms with Gasteiger partial charge in [-0.3, -0.25) is 14.4 Å². The third-order valence-corrected chi connectivity index (χ3v) is 12.6. The van der Waals surface area contributed by atoms with Gasteiger partial charge in [0.2, 0.25) is 0 Å². The van der Waals surface area contributed by atoms with E-state index in [1.807, 2.05) is 34.6 Å². The van der Waals surface area contributed by atoms with Gasteiger partial charge in [-0.25, -0.2) is 4.79 Å². The predicted molar refractivity (Wildman–Crippen MR) is 180 cm³/mol. The lowest BCUT2D eigenvalue weighted by Crippen LogP contribution is -2.65. The molecule has 4 aliphatic carbocycles. The van der Waals surface area contributed by atoms with Crippen molar-refractivity contribution in [2.45, 2.75) is 92.1 Å². The van der Waals surface area contributed by atoms with Crippen molar-refractivity contribution < 1.29 is 48.7 Å². The molecule has 0 aliphatic heterocycles. The first kappa shape index (κ1) is 36.9. The topological polar surface area (TPSA) is 157 Å². The summed E-state index contributed by atoms with van der Waals surface area (Å²) in [6, 6.07) is 8.50. The summed E-state index contributed by atoms with van der Waals surface area (Å²) in [5, 5.41) is 36.0. The summed E-state index contributed by atoms with van der Waals surface area (Å²) in [6.07, 6.45) is -0.199. The Morgan fingerprint density at radius 2 is 1.51 bits per heavy atom. The molecule has 1 aromatic rings. The number of hydrogen-bond acceptors (Lipinski definition) is 10. The Morgan fingerprint density at radius 3 is 2.10 bits per heavy atom. The van der Waals surface area contributed by atoms with E-state index < -0.39 is 94.1 Å². The monoisotopic (exact) mass is 680 g/mol. The van der Waals surface area contributed by atoms with Crippen LogP contribution in [0.1, 0.15) is 79.1 Å². The second kappa shape index (κ2) is 12.8. The second-order valence-corrected chi connectivity index (χ2v) is 15.9. The molecule has 49 heavy (non-hydrogen) atoms. The number of ketones is 1. The Kier molecular flexibility index (Phi) is 9.62. The minimum Gasteiger partial charge on any atom is -0.461 e. The molecule has 0 amide bonds. The zero-order valence-electron chi connectivity index (χ0n) is 30.1. The lowest BCUT2D eigenvalue weighted by Gasteiger charge is -2.48. The number of rotatable bonds is 10. The maximum Gasteiger partial charge on any atom is 0.338 e. The number of carbonyl (C=O) groups is 4. The molecule has 0 heterocycles. The van der Waals surface area contributed by atoms with Crippen molar-refractivity contribution in [3.8, 4) is 0 Å². The molecular weight excluding hydrogens is 628 g/mol. The number of carbonyl (C=O) groups excluding carboxylic acids is 4. The maximum atomic E-state index is 15.1. The SMILES string of the molecule is CC1=CC23C(=O)C(C=C(COC(=O)C(C)C(C)C)C(O)C2(O)C1O)C1C(C)(COC(=O)c2ccccc2)C1(OC(=O)C(C)C(C)C)CC3C. The van der Waals surface area contributed by atoms with E-state index in [1.54, 1.807) is 64.1 Å². The summed E-state index contributed by atoms with van der Waals surface area (Å²) < 4.78 is 18.0. The summed E-state index contributed by atoms with van der Waals surface area (Å²) in [4.78, 5) is 55.0. The molecule has 2 fully saturated rings. The van der Waals surface area contributed by atoms with Crippen molar-refractivity contribution in [1.82, 2.24) is 0 Å². The van der Waals surface area contributed by atoms with Crippen LogP contribution >= 0.6 is 0 Å². The summed E-state index contributed by atoms with van der Waals surface area (Å²) >= 11 is 0. The highest BCUT2D eigenvalue weighted by molar-refractivity contribution is 5.96. The lowest BCUT2D eigenvalue weighted by atomic mass is 9.59. The van der Waals surface area contributed by atoms with E-state index >= 15 is 4.79 Å². The molecule has 0 radical (unpaired) electrons. The lowest BCUT2D eigenvalue weighted by molar-refractivity contribution is -0.193. The van der Waals surface area contributed by atoms with Gasteiger partial charge in [0.05, 0.1) is 22.8 Å². The zero-order chi connectivity index (χ0) is 36.4. The molecule has 0 saturated heterocycles. The van der Waals surface area contributed by atoms with E-state index in [1.165, 1.54) is 6.08 Å². The molecule has 268 valence electrons. The van der Waals surface area contributed by atoms with Gasteiger partial charge in [-0.1, -0.05) is 85.7 Å². The fraction of sp³-hybridized carbons (Fsp3) is 0.641. The molecule has 1 aromatic carbocycles. The number of ether oxygens (including phenoxy) is 3. The molecule has 11 atom stereocenters. The molecular formula is C39H52O10. The Bertz CT molecular complexity index is 1560. The standard InChI is InChI=1S/C39H52O10/c1-20(2)24(7)33(43)47-18-27-15-28-29-36(9,19-48-35(45)26-13-11-10-12-14-26)38(29,49-34(44)25(8)21(3)4)17-23(6)37(32(28)42)16-22(5)30(40)39(37,46)31(27)41/h10-16,20-21,23-25,28-31,40-41,46H,17-19H2,1-9H3. The van der Waals surface area contributed by atoms with Crippen LogP contribution in [-0.4, -0.2) is 75.6 Å². The van der Waals surface area contributed by atoms with Crippen molar-refractivity contribution >= 4 is 23.7 Å². The van der Waals surface area contributed by atoms with Gasteiger partial charge in [-0.15, -0.1) is 0 Å². The molecule has 3 N–H and O–H groups in total. The number of aliphatic hydroxyl groups excluding tert-OH is 2. The van der Waals surface area contributed by atoms with Gasteiger partial charge in [0, 0.05) is 17.3 Å². The van der Waals surface area contributed by atoms with Crippen LogP contribution in [0.4, 0.5) is 0 Å². The van der Waals surface area contributed by atoms with Crippen LogP contribution < -0.4 is 0 Å². The largest absolute Gasteiger partial charge is 0.461 e. The molecule has 5 rings (SSSR count). The van der Waals surface area contributed by atoms with Crippen LogP contribution in [-0.2, 0) is 28.6 Å². The molecule has 11 unspecified atom stereocenters. The van der Waals surface area contributed by atoms with E-state index in [9.17, 15) is 29.7 Å². The van der Waals surface area contributed by atoms with Crippen LogP contribution in [0.2, 0.25) is 0 Å². The average Bonchev–Trinajstić information content (AvgIpc) is 3.52. The van der Waals surface area contributed by atoms with E-state index in [0.717, 1.165) is 0 Å². The van der Waals surface area contributed by atoms with Crippen LogP contribution in [0.25, 0.3) is 0 Å². The molecule has 2 saturated carbocycles. The average molecular weight is 681 g/mol. The molecule has 4 aliphatic rings. The first-order chi connectivity index (χ1) is 22.8. The first-order valence-electron chi connectivity index (χ1n) is 17.5. The van der Waals surface area contributed by atoms with Gasteiger partial charge in [0.15, 0.2) is 5.78 Å². The molecule has 0 aromatic heterocycles. The second-order valence-electron chi connectivity index (χ2n) is 15.9. The van der Waals surface area contributed by atoms with E-state index in [0.29, 0.717) is 11.1 Å². The number of aliphatic hydroxyl groups is 3. The van der Waals surface area contributed by atoms with Crippen molar-refractivity contribution in [1.29, 1.82) is 0 Å². The molecule has 1 spiro atoms. The highest BCUT2D eigenvalue weighted by Gasteiger charge is 2.85. The Labute approximate surface area is 288 Å². The van der Waals surface area contributed by atoms with Crippen LogP contribution in [0.3, 0.4) is 0 Å². The summed E-state index contributed by atoms with van der Waals surface area (Å²) in [7, 11) is 0. The van der Waals surface area contributed by atoms with Gasteiger partial charge in [0.1, 0.15) is 36.6 Å². The number of fused-ring (bicyclic) bond motifs is 3. The third-order valence-electron chi connectivity index (χ3n) is 12.6. The number of allylic oxidation sites excluding steroid dienone is 1. The normalized spacial score (nSPS) is 37.5. The number of esters is 3. The Hall–Kier alpha value is -3.34.